The van der Waals surface area contributed by atoms with Crippen molar-refractivity contribution < 1.29 is 19.8 Å². The van der Waals surface area contributed by atoms with Gasteiger partial charge in [-0.15, -0.1) is 0 Å². The molecule has 8 rings (SSSR count). The molecule has 8 aromatic carbocycles. The summed E-state index contributed by atoms with van der Waals surface area (Å²) < 4.78 is 0. The van der Waals surface area contributed by atoms with E-state index in [0.29, 0.717) is 0 Å². The highest BCUT2D eigenvalue weighted by atomic mass is 16.3. The van der Waals surface area contributed by atoms with Gasteiger partial charge >= 0.3 is 0 Å². The van der Waals surface area contributed by atoms with Crippen LogP contribution in [-0.4, -0.2) is 33.2 Å². The Bertz CT molecular complexity index is 2790. The van der Waals surface area contributed by atoms with Crippen molar-refractivity contribution in [3.63, 3.8) is 0 Å². The van der Waals surface area contributed by atoms with Gasteiger partial charge in [-0.3, -0.25) is 9.59 Å². The number of hydrogen-bond acceptors (Lipinski definition) is 4. The minimum Gasteiger partial charge on any atom is -0.387 e. The number of carbonyl (C=O) groups excluding carboxylic acids is 2. The fourth-order valence-corrected chi connectivity index (χ4v) is 10.8. The topological polar surface area (TPSA) is 98.7 Å². The Balaban J connectivity index is 1.27. The highest BCUT2D eigenvalue weighted by Gasteiger charge is 2.50. The standard InChI is InChI=1S/C63H66N2O4/c1-7-61(8-2,59(66)64-57(55-33-17-29-51-27-9-11-31-53(51)55)62(68,39-47-23-13-19-43(3)35-47)40-48-24-14-20-44(4)36-48)60(67)65-58(56-34-18-30-52-28-10-12-32-54(52)56)63(69,41-49-25-15-21-45(5)37-49)42-50-26-16-22-46(6)38-50/h9-38,57-58,68-69H,7-8,39-42H2,1-6H3,(H,64,66)(H,65,67)/t57-,58-/m0/s1. The van der Waals surface area contributed by atoms with Crippen LogP contribution in [0.15, 0.2) is 182 Å². The predicted octanol–water partition coefficient (Wildman–Crippen LogP) is 12.5. The number of fused-ring (bicyclic) bond motifs is 2. The molecule has 8 aromatic rings. The molecule has 0 saturated carbocycles. The maximum atomic E-state index is 15.8. The number of hydrogen-bond donors (Lipinski definition) is 4. The Morgan fingerprint density at radius 3 is 1.01 bits per heavy atom. The molecule has 0 aromatic heterocycles. The zero-order valence-corrected chi connectivity index (χ0v) is 40.9. The van der Waals surface area contributed by atoms with Gasteiger partial charge in [0.05, 0.1) is 23.3 Å². The highest BCUT2D eigenvalue weighted by molar-refractivity contribution is 6.05. The second-order valence-corrected chi connectivity index (χ2v) is 19.6. The lowest BCUT2D eigenvalue weighted by molar-refractivity contribution is -0.148. The molecule has 0 radical (unpaired) electrons. The van der Waals surface area contributed by atoms with Crippen molar-refractivity contribution in [3.8, 4) is 0 Å². The largest absolute Gasteiger partial charge is 0.387 e. The maximum Gasteiger partial charge on any atom is 0.236 e. The summed E-state index contributed by atoms with van der Waals surface area (Å²) in [4.78, 5) is 31.7. The average Bonchev–Trinajstić information content (AvgIpc) is 3.32. The van der Waals surface area contributed by atoms with Gasteiger partial charge in [0.2, 0.25) is 11.8 Å². The van der Waals surface area contributed by atoms with E-state index in [0.717, 1.165) is 77.2 Å². The van der Waals surface area contributed by atoms with Crippen molar-refractivity contribution >= 4 is 33.4 Å². The number of aliphatic hydroxyl groups is 2. The van der Waals surface area contributed by atoms with E-state index in [2.05, 4.69) is 34.9 Å². The fraction of sp³-hybridized carbons (Fsp3) is 0.270. The lowest BCUT2D eigenvalue weighted by atomic mass is 9.74. The van der Waals surface area contributed by atoms with E-state index in [1.54, 1.807) is 0 Å². The van der Waals surface area contributed by atoms with Crippen molar-refractivity contribution in [2.45, 2.75) is 103 Å². The van der Waals surface area contributed by atoms with E-state index in [4.69, 9.17) is 0 Å². The molecular weight excluding hydrogens is 849 g/mol. The molecule has 6 heteroatoms. The summed E-state index contributed by atoms with van der Waals surface area (Å²) in [7, 11) is 0. The summed E-state index contributed by atoms with van der Waals surface area (Å²) >= 11 is 0. The second-order valence-electron chi connectivity index (χ2n) is 19.6. The summed E-state index contributed by atoms with van der Waals surface area (Å²) in [5, 5.41) is 37.9. The molecule has 69 heavy (non-hydrogen) atoms. The Labute approximate surface area is 408 Å². The molecule has 0 fully saturated rings. The van der Waals surface area contributed by atoms with Crippen LogP contribution >= 0.6 is 0 Å². The third-order valence-electron chi connectivity index (χ3n) is 14.3. The van der Waals surface area contributed by atoms with E-state index in [9.17, 15) is 10.2 Å². The number of carbonyl (C=O) groups is 2. The van der Waals surface area contributed by atoms with E-state index in [1.165, 1.54) is 0 Å². The van der Waals surface area contributed by atoms with Crippen LogP contribution in [0.5, 0.6) is 0 Å². The van der Waals surface area contributed by atoms with E-state index < -0.39 is 40.5 Å². The highest BCUT2D eigenvalue weighted by Crippen LogP contribution is 2.41. The molecule has 0 aliphatic carbocycles. The van der Waals surface area contributed by atoms with Gasteiger partial charge in [0, 0.05) is 25.7 Å². The molecule has 0 bridgehead atoms. The number of rotatable bonds is 18. The molecule has 0 unspecified atom stereocenters. The summed E-state index contributed by atoms with van der Waals surface area (Å²) in [5.41, 5.74) is 4.72. The van der Waals surface area contributed by atoms with E-state index in [1.807, 2.05) is 199 Å². The van der Waals surface area contributed by atoms with Crippen LogP contribution in [0.4, 0.5) is 0 Å². The minimum atomic E-state index is -1.62. The molecule has 6 nitrogen and oxygen atoms in total. The smallest absolute Gasteiger partial charge is 0.236 e. The normalized spacial score (nSPS) is 13.0. The third-order valence-corrected chi connectivity index (χ3v) is 14.3. The fourth-order valence-electron chi connectivity index (χ4n) is 10.8. The first-order valence-electron chi connectivity index (χ1n) is 24.5. The number of aryl methyl sites for hydroxylation is 4. The Morgan fingerprint density at radius 2 is 0.710 bits per heavy atom. The maximum absolute atomic E-state index is 15.8. The summed E-state index contributed by atoms with van der Waals surface area (Å²) in [6.45, 7) is 11.9. The number of amides is 2. The van der Waals surface area contributed by atoms with Crippen LogP contribution in [0, 0.1) is 33.1 Å². The van der Waals surface area contributed by atoms with Crippen molar-refractivity contribution in [1.29, 1.82) is 0 Å². The third kappa shape index (κ3) is 10.7. The SMILES string of the molecule is CCC(CC)(C(=O)N[C@@H](c1cccc2ccccc12)C(O)(Cc1cccc(C)c1)Cc1cccc(C)c1)C(=O)N[C@@H](c1cccc2ccccc12)C(O)(Cc1cccc(C)c1)Cc1cccc(C)c1. The van der Waals surface area contributed by atoms with Crippen LogP contribution in [0.25, 0.3) is 21.5 Å². The number of benzene rings is 8. The van der Waals surface area contributed by atoms with Gasteiger partial charge in [-0.2, -0.15) is 0 Å². The molecule has 4 N–H and O–H groups in total. The van der Waals surface area contributed by atoms with Crippen molar-refractivity contribution in [1.82, 2.24) is 10.6 Å². The van der Waals surface area contributed by atoms with Gasteiger partial charge in [0.1, 0.15) is 5.41 Å². The molecular formula is C63H66N2O4. The van der Waals surface area contributed by atoms with Crippen LogP contribution in [0.2, 0.25) is 0 Å². The average molecular weight is 915 g/mol. The zero-order valence-electron chi connectivity index (χ0n) is 40.9. The molecule has 0 aliphatic rings. The van der Waals surface area contributed by atoms with Crippen LogP contribution in [0.1, 0.15) is 94.4 Å². The van der Waals surface area contributed by atoms with Crippen LogP contribution < -0.4 is 10.6 Å². The molecule has 0 saturated heterocycles. The van der Waals surface area contributed by atoms with Gasteiger partial charge in [0.25, 0.3) is 0 Å². The quantitative estimate of drug-likeness (QED) is 0.0645. The van der Waals surface area contributed by atoms with Gasteiger partial charge in [-0.25, -0.2) is 0 Å². The van der Waals surface area contributed by atoms with Gasteiger partial charge in [-0.1, -0.05) is 218 Å². The van der Waals surface area contributed by atoms with E-state index >= 15 is 9.59 Å². The molecule has 2 amide bonds. The molecule has 0 aliphatic heterocycles. The van der Waals surface area contributed by atoms with Gasteiger partial charge in [-0.05, 0) is 95.5 Å². The van der Waals surface area contributed by atoms with Gasteiger partial charge in [0.15, 0.2) is 0 Å². The summed E-state index contributed by atoms with van der Waals surface area (Å²) in [5.74, 6) is -0.986. The second kappa shape index (κ2) is 20.8. The van der Waals surface area contributed by atoms with Crippen molar-refractivity contribution in [3.05, 3.63) is 238 Å². The molecule has 352 valence electrons. The lowest BCUT2D eigenvalue weighted by Crippen LogP contribution is -2.58. The van der Waals surface area contributed by atoms with Gasteiger partial charge < -0.3 is 20.8 Å². The predicted molar refractivity (Wildman–Crippen MR) is 282 cm³/mol. The number of nitrogens with one attached hydrogen (secondary N) is 2. The van der Waals surface area contributed by atoms with E-state index in [-0.39, 0.29) is 38.5 Å². The van der Waals surface area contributed by atoms with Crippen LogP contribution in [-0.2, 0) is 35.3 Å². The molecule has 2 atom stereocenters. The molecule has 0 heterocycles. The minimum absolute atomic E-state index is 0.161. The first kappa shape index (κ1) is 48.6. The van der Waals surface area contributed by atoms with Crippen LogP contribution in [0.3, 0.4) is 0 Å². The lowest BCUT2D eigenvalue weighted by Gasteiger charge is -2.42. The Morgan fingerprint density at radius 1 is 0.420 bits per heavy atom. The first-order chi connectivity index (χ1) is 33.2. The Kier molecular flexibility index (Phi) is 14.6. The molecule has 0 spiro atoms. The summed E-state index contributed by atoms with van der Waals surface area (Å²) in [6, 6.07) is 58.7. The monoisotopic (exact) mass is 915 g/mol. The van der Waals surface area contributed by atoms with Crippen molar-refractivity contribution in [2.24, 2.45) is 5.41 Å². The summed E-state index contributed by atoms with van der Waals surface area (Å²) in [6.07, 6.45) is 1.22. The first-order valence-corrected chi connectivity index (χ1v) is 24.5. The Hall–Kier alpha value is -6.86. The zero-order chi connectivity index (χ0) is 48.8. The van der Waals surface area contributed by atoms with Crippen molar-refractivity contribution in [2.75, 3.05) is 0 Å².